The summed E-state index contributed by atoms with van der Waals surface area (Å²) in [4.78, 5) is 28.7. The van der Waals surface area contributed by atoms with Crippen LogP contribution in [0.25, 0.3) is 0 Å². The summed E-state index contributed by atoms with van der Waals surface area (Å²) in [6, 6.07) is 0. The molecule has 0 fully saturated rings. The minimum atomic E-state index is -4.72. The van der Waals surface area contributed by atoms with E-state index in [1.807, 2.05) is 0 Å². The molecule has 0 atom stereocenters. The zero-order valence-electron chi connectivity index (χ0n) is 5.53. The van der Waals surface area contributed by atoms with Gasteiger partial charge in [-0.15, -0.1) is 0 Å². The Morgan fingerprint density at radius 1 is 0.769 bits per heavy atom. The summed E-state index contributed by atoms with van der Waals surface area (Å²) < 4.78 is 44.5. The van der Waals surface area contributed by atoms with Crippen molar-refractivity contribution in [2.45, 2.75) is 0 Å². The van der Waals surface area contributed by atoms with Crippen molar-refractivity contribution in [2.75, 3.05) is 0 Å². The summed E-state index contributed by atoms with van der Waals surface area (Å²) in [6.45, 7) is 0. The second kappa shape index (κ2) is 5.68. The molecular weight excluding hydrogens is 398 g/mol. The molecule has 0 aliphatic heterocycles. The SMILES string of the molecule is O=C(F)[O][Bi]([O]C(=O)F)[O]C(=O)F. The quantitative estimate of drug-likeness (QED) is 0.527. The number of halogens is 3. The predicted molar refractivity (Wildman–Crippen MR) is 28.5 cm³/mol. The van der Waals surface area contributed by atoms with E-state index in [1.54, 1.807) is 0 Å². The second-order valence-corrected chi connectivity index (χ2v) is 5.08. The van der Waals surface area contributed by atoms with Crippen molar-refractivity contribution in [2.24, 2.45) is 0 Å². The van der Waals surface area contributed by atoms with Gasteiger partial charge in [-0.2, -0.15) is 0 Å². The third kappa shape index (κ3) is 7.44. The van der Waals surface area contributed by atoms with Crippen molar-refractivity contribution in [1.82, 2.24) is 0 Å². The summed E-state index contributed by atoms with van der Waals surface area (Å²) in [5.74, 6) is 0. The Balaban J connectivity index is 4.10. The molecule has 0 amide bonds. The monoisotopic (exact) mass is 398 g/mol. The molecule has 0 heterocycles. The Labute approximate surface area is 78.1 Å². The first-order valence-electron chi connectivity index (χ1n) is 2.34. The van der Waals surface area contributed by atoms with Crippen LogP contribution in [0.5, 0.6) is 0 Å². The standard InChI is InChI=1S/3CHFO2.Bi/c3*2-1(3)4;/h3*(H,3,4);/q;;;+3/p-3. The van der Waals surface area contributed by atoms with Crippen molar-refractivity contribution in [3.63, 3.8) is 0 Å². The molecule has 0 bridgehead atoms. The molecule has 0 saturated carbocycles. The zero-order chi connectivity index (χ0) is 10.4. The number of carbonyl (C=O) groups is 3. The van der Waals surface area contributed by atoms with Crippen LogP contribution in [0.4, 0.5) is 27.6 Å². The maximum absolute atomic E-state index is 11.4. The van der Waals surface area contributed by atoms with Crippen LogP contribution in [0.3, 0.4) is 0 Å². The third-order valence-corrected chi connectivity index (χ3v) is 3.85. The molecular formula is C3BiF3O6. The fourth-order valence-electron chi connectivity index (χ4n) is 0.232. The Hall–Kier alpha value is -0.917. The van der Waals surface area contributed by atoms with Gasteiger partial charge in [0.05, 0.1) is 0 Å². The van der Waals surface area contributed by atoms with E-state index >= 15 is 0 Å². The van der Waals surface area contributed by atoms with Gasteiger partial charge in [0.15, 0.2) is 0 Å². The molecule has 0 aliphatic carbocycles. The van der Waals surface area contributed by atoms with E-state index in [-0.39, 0.29) is 0 Å². The maximum atomic E-state index is 11.4. The average Bonchev–Trinajstić information content (AvgIpc) is 1.80. The molecule has 0 aromatic carbocycles. The number of hydrogen-bond donors (Lipinski definition) is 0. The number of rotatable bonds is 3. The molecule has 13 heavy (non-hydrogen) atoms. The summed E-state index contributed by atoms with van der Waals surface area (Å²) in [7, 11) is 0. The number of carbonyl (C=O) groups excluding carboxylic acids is 3. The fraction of sp³-hybridized carbons (Fsp3) is 0. The summed E-state index contributed by atoms with van der Waals surface area (Å²) in [5, 5.41) is 0. The average molecular weight is 398 g/mol. The van der Waals surface area contributed by atoms with Crippen molar-refractivity contribution in [1.29, 1.82) is 0 Å². The van der Waals surface area contributed by atoms with Crippen molar-refractivity contribution < 1.29 is 36.0 Å². The molecule has 0 radical (unpaired) electrons. The molecule has 0 unspecified atom stereocenters. The van der Waals surface area contributed by atoms with E-state index in [4.69, 9.17) is 0 Å². The van der Waals surface area contributed by atoms with Gasteiger partial charge in [0.25, 0.3) is 0 Å². The predicted octanol–water partition coefficient (Wildman–Crippen LogP) is 1.29. The topological polar surface area (TPSA) is 78.9 Å². The van der Waals surface area contributed by atoms with Crippen molar-refractivity contribution in [3.05, 3.63) is 0 Å². The summed E-state index contributed by atoms with van der Waals surface area (Å²) in [5.41, 5.74) is 0. The van der Waals surface area contributed by atoms with E-state index in [0.29, 0.717) is 0 Å². The molecule has 10 heteroatoms. The molecule has 0 aromatic rings. The van der Waals surface area contributed by atoms with Gasteiger partial charge in [-0.3, -0.25) is 0 Å². The molecule has 0 N–H and O–H groups in total. The van der Waals surface area contributed by atoms with Gasteiger partial charge < -0.3 is 0 Å². The van der Waals surface area contributed by atoms with Crippen LogP contribution in [-0.4, -0.2) is 41.7 Å². The van der Waals surface area contributed by atoms with E-state index in [9.17, 15) is 27.6 Å². The first-order chi connectivity index (χ1) is 5.91. The Kier molecular flexibility index (Phi) is 5.28. The Bertz CT molecular complexity index is 193. The normalized spacial score (nSPS) is 9.23. The van der Waals surface area contributed by atoms with Crippen LogP contribution in [0, 0.1) is 0 Å². The van der Waals surface area contributed by atoms with E-state index in [2.05, 4.69) is 8.44 Å². The van der Waals surface area contributed by atoms with Gasteiger partial charge in [-0.25, -0.2) is 0 Å². The zero-order valence-corrected chi connectivity index (χ0v) is 9.01. The van der Waals surface area contributed by atoms with Crippen LogP contribution in [0.2, 0.25) is 0 Å². The number of hydrogen-bond acceptors (Lipinski definition) is 6. The van der Waals surface area contributed by atoms with Gasteiger partial charge in [-0.1, -0.05) is 0 Å². The van der Waals surface area contributed by atoms with Gasteiger partial charge in [-0.05, 0) is 0 Å². The van der Waals surface area contributed by atoms with Gasteiger partial charge in [0.1, 0.15) is 0 Å². The van der Waals surface area contributed by atoms with Crippen LogP contribution >= 0.6 is 0 Å². The van der Waals surface area contributed by atoms with Gasteiger partial charge in [0, 0.05) is 0 Å². The third-order valence-electron chi connectivity index (χ3n) is 0.439. The first kappa shape index (κ1) is 12.1. The summed E-state index contributed by atoms with van der Waals surface area (Å²) in [6.07, 6.45) is -7.37. The van der Waals surface area contributed by atoms with Crippen molar-refractivity contribution >= 4 is 41.7 Å². The Morgan fingerprint density at radius 2 is 1.00 bits per heavy atom. The summed E-state index contributed by atoms with van der Waals surface area (Å²) >= 11 is -4.72. The molecule has 0 spiro atoms. The van der Waals surface area contributed by atoms with Crippen LogP contribution in [0.15, 0.2) is 0 Å². The molecule has 6 nitrogen and oxygen atoms in total. The molecule has 0 rings (SSSR count). The van der Waals surface area contributed by atoms with E-state index in [1.165, 1.54) is 0 Å². The minimum absolute atomic E-state index is 2.46. The van der Waals surface area contributed by atoms with Crippen LogP contribution in [0.1, 0.15) is 0 Å². The fourth-order valence-corrected chi connectivity index (χ4v) is 2.03. The first-order valence-corrected chi connectivity index (χ1v) is 6.60. The molecule has 0 saturated heterocycles. The Morgan fingerprint density at radius 3 is 1.15 bits per heavy atom. The van der Waals surface area contributed by atoms with Crippen molar-refractivity contribution in [3.8, 4) is 0 Å². The van der Waals surface area contributed by atoms with E-state index < -0.39 is 41.7 Å². The van der Waals surface area contributed by atoms with Gasteiger partial charge >= 0.3 is 77.7 Å². The molecule has 74 valence electrons. The molecule has 0 aliphatic rings. The second-order valence-electron chi connectivity index (χ2n) is 1.21. The van der Waals surface area contributed by atoms with Gasteiger partial charge in [0.2, 0.25) is 0 Å². The van der Waals surface area contributed by atoms with Crippen LogP contribution < -0.4 is 0 Å². The van der Waals surface area contributed by atoms with Crippen LogP contribution in [-0.2, 0) is 8.44 Å². The van der Waals surface area contributed by atoms with E-state index in [0.717, 1.165) is 0 Å². The molecule has 0 aromatic heterocycles.